The molecule has 1 N–H and O–H groups in total. The second-order valence-electron chi connectivity index (χ2n) is 3.91. The first kappa shape index (κ1) is 15.6. The van der Waals surface area contributed by atoms with Crippen LogP contribution in [-0.4, -0.2) is 22.0 Å². The van der Waals surface area contributed by atoms with E-state index in [-0.39, 0.29) is 11.5 Å². The lowest BCUT2D eigenvalue weighted by molar-refractivity contribution is -0.402. The summed E-state index contributed by atoms with van der Waals surface area (Å²) in [5, 5.41) is 24.4. The average Bonchev–Trinajstić information content (AvgIpc) is 3.16. The van der Waals surface area contributed by atoms with Crippen molar-refractivity contribution in [2.24, 2.45) is 5.10 Å². The van der Waals surface area contributed by atoms with Gasteiger partial charge < -0.3 is 8.83 Å². The summed E-state index contributed by atoms with van der Waals surface area (Å²) < 4.78 is 9.53. The van der Waals surface area contributed by atoms with Crippen molar-refractivity contribution >= 4 is 30.0 Å². The fourth-order valence-corrected chi connectivity index (χ4v) is 1.41. The van der Waals surface area contributed by atoms with Gasteiger partial charge in [0.05, 0.1) is 12.1 Å². The van der Waals surface area contributed by atoms with Crippen molar-refractivity contribution in [1.82, 2.24) is 5.43 Å². The molecule has 0 bridgehead atoms. The first-order valence-corrected chi connectivity index (χ1v) is 5.96. The second-order valence-corrected chi connectivity index (χ2v) is 3.91. The van der Waals surface area contributed by atoms with E-state index in [9.17, 15) is 25.0 Å². The lowest BCUT2D eigenvalue weighted by Gasteiger charge is -1.92. The molecule has 2 aromatic rings. The predicted octanol–water partition coefficient (Wildman–Crippen LogP) is 2.12. The van der Waals surface area contributed by atoms with E-state index >= 15 is 0 Å². The Kier molecular flexibility index (Phi) is 4.62. The van der Waals surface area contributed by atoms with Gasteiger partial charge in [0.1, 0.15) is 15.6 Å². The Labute approximate surface area is 127 Å². The van der Waals surface area contributed by atoms with Gasteiger partial charge in [-0.3, -0.25) is 25.0 Å². The van der Waals surface area contributed by atoms with Gasteiger partial charge in [-0.2, -0.15) is 5.10 Å². The van der Waals surface area contributed by atoms with Crippen molar-refractivity contribution in [2.75, 3.05) is 0 Å². The Hall–Kier alpha value is -3.76. The van der Waals surface area contributed by atoms with E-state index in [1.807, 2.05) is 0 Å². The quantitative estimate of drug-likeness (QED) is 0.485. The molecule has 2 heterocycles. The molecule has 0 saturated carbocycles. The smallest absolute Gasteiger partial charge is 0.401 e. The zero-order valence-electron chi connectivity index (χ0n) is 11.2. The number of amides is 1. The van der Waals surface area contributed by atoms with Gasteiger partial charge in [0.2, 0.25) is 5.76 Å². The molecule has 0 radical (unpaired) electrons. The number of allylic oxidation sites excluding steroid dienone is 1. The molecular weight excluding hydrogens is 312 g/mol. The minimum absolute atomic E-state index is 0.233. The zero-order chi connectivity index (χ0) is 16.8. The van der Waals surface area contributed by atoms with Crippen LogP contribution >= 0.6 is 0 Å². The molecule has 0 saturated heterocycles. The molecule has 0 spiro atoms. The summed E-state index contributed by atoms with van der Waals surface area (Å²) in [6.45, 7) is 0. The molecule has 23 heavy (non-hydrogen) atoms. The molecule has 0 unspecified atom stereocenters. The van der Waals surface area contributed by atoms with Crippen LogP contribution in [-0.2, 0) is 0 Å². The van der Waals surface area contributed by atoms with E-state index in [1.165, 1.54) is 30.5 Å². The SMILES string of the molecule is O=C(N/N=C/C=C/c1ccc([N+](=O)[O-])o1)c1ccc([N+](=O)[O-])o1. The number of rotatable bonds is 6. The van der Waals surface area contributed by atoms with Crippen molar-refractivity contribution in [3.63, 3.8) is 0 Å². The molecule has 11 heteroatoms. The maximum Gasteiger partial charge on any atom is 0.433 e. The van der Waals surface area contributed by atoms with E-state index < -0.39 is 27.5 Å². The number of carbonyl (C=O) groups excluding carboxylic acids is 1. The fraction of sp³-hybridized carbons (Fsp3) is 0. The maximum atomic E-state index is 11.5. The highest BCUT2D eigenvalue weighted by atomic mass is 16.7. The number of carbonyl (C=O) groups is 1. The summed E-state index contributed by atoms with van der Waals surface area (Å²) in [5.41, 5.74) is 2.08. The molecule has 0 aliphatic carbocycles. The Balaban J connectivity index is 1.87. The van der Waals surface area contributed by atoms with E-state index in [2.05, 4.69) is 14.9 Å². The van der Waals surface area contributed by atoms with Crippen LogP contribution in [0.15, 0.2) is 44.3 Å². The van der Waals surface area contributed by atoms with Crippen LogP contribution in [0.1, 0.15) is 16.3 Å². The van der Waals surface area contributed by atoms with Crippen LogP contribution in [0.25, 0.3) is 6.08 Å². The third-order valence-electron chi connectivity index (χ3n) is 2.38. The summed E-state index contributed by atoms with van der Waals surface area (Å²) >= 11 is 0. The summed E-state index contributed by atoms with van der Waals surface area (Å²) in [7, 11) is 0. The molecule has 0 aromatic carbocycles. The molecule has 0 fully saturated rings. The zero-order valence-corrected chi connectivity index (χ0v) is 11.2. The predicted molar refractivity (Wildman–Crippen MR) is 75.7 cm³/mol. The number of nitro groups is 2. The van der Waals surface area contributed by atoms with Gasteiger partial charge in [0, 0.05) is 6.21 Å². The van der Waals surface area contributed by atoms with Crippen LogP contribution in [0.5, 0.6) is 0 Å². The number of hydrogen-bond donors (Lipinski definition) is 1. The van der Waals surface area contributed by atoms with Gasteiger partial charge in [0.25, 0.3) is 0 Å². The minimum atomic E-state index is -0.772. The van der Waals surface area contributed by atoms with E-state index in [0.717, 1.165) is 12.1 Å². The molecule has 118 valence electrons. The number of furan rings is 2. The highest BCUT2D eigenvalue weighted by Crippen LogP contribution is 2.16. The topological polar surface area (TPSA) is 154 Å². The lowest BCUT2D eigenvalue weighted by Crippen LogP contribution is -2.16. The number of nitrogens with one attached hydrogen (secondary N) is 1. The maximum absolute atomic E-state index is 11.5. The van der Waals surface area contributed by atoms with Crippen molar-refractivity contribution < 1.29 is 23.5 Å². The summed E-state index contributed by atoms with van der Waals surface area (Å²) in [6.07, 6.45) is 3.94. The standard InChI is InChI=1S/C12H8N4O7/c17-12(9-4-6-11(23-9)16(20)21)14-13-7-1-2-8-3-5-10(22-8)15(18)19/h1-7H,(H,14,17)/b2-1+,13-7+. The van der Waals surface area contributed by atoms with Crippen molar-refractivity contribution in [3.05, 3.63) is 62.1 Å². The van der Waals surface area contributed by atoms with Crippen LogP contribution in [0.4, 0.5) is 11.8 Å². The number of hydrogen-bond acceptors (Lipinski definition) is 8. The third kappa shape index (κ3) is 4.10. The second kappa shape index (κ2) is 6.80. The van der Waals surface area contributed by atoms with Crippen LogP contribution in [0.2, 0.25) is 0 Å². The van der Waals surface area contributed by atoms with Crippen molar-refractivity contribution in [3.8, 4) is 0 Å². The van der Waals surface area contributed by atoms with E-state index in [0.29, 0.717) is 0 Å². The summed E-state index contributed by atoms with van der Waals surface area (Å²) in [6, 6.07) is 4.77. The third-order valence-corrected chi connectivity index (χ3v) is 2.38. The van der Waals surface area contributed by atoms with Gasteiger partial charge in [-0.15, -0.1) is 0 Å². The van der Waals surface area contributed by atoms with Crippen LogP contribution in [0, 0.1) is 20.2 Å². The largest absolute Gasteiger partial charge is 0.433 e. The molecule has 2 aromatic heterocycles. The number of nitrogens with zero attached hydrogens (tertiary/aromatic N) is 3. The van der Waals surface area contributed by atoms with E-state index in [1.54, 1.807) is 0 Å². The monoisotopic (exact) mass is 320 g/mol. The van der Waals surface area contributed by atoms with Crippen molar-refractivity contribution in [1.29, 1.82) is 0 Å². The van der Waals surface area contributed by atoms with Crippen molar-refractivity contribution in [2.45, 2.75) is 0 Å². The minimum Gasteiger partial charge on any atom is -0.401 e. The first-order chi connectivity index (χ1) is 11.0. The summed E-state index contributed by atoms with van der Waals surface area (Å²) in [4.78, 5) is 30.9. The fourth-order valence-electron chi connectivity index (χ4n) is 1.41. The lowest BCUT2D eigenvalue weighted by atomic mass is 10.4. The molecule has 0 atom stereocenters. The van der Waals surface area contributed by atoms with Gasteiger partial charge in [-0.05, 0) is 24.3 Å². The van der Waals surface area contributed by atoms with Gasteiger partial charge in [-0.25, -0.2) is 5.43 Å². The normalized spacial score (nSPS) is 11.1. The first-order valence-electron chi connectivity index (χ1n) is 5.96. The molecule has 0 aliphatic heterocycles. The molecule has 2 rings (SSSR count). The summed E-state index contributed by atoms with van der Waals surface area (Å²) in [5.74, 6) is -1.75. The highest BCUT2D eigenvalue weighted by molar-refractivity contribution is 5.92. The molecule has 1 amide bonds. The van der Waals surface area contributed by atoms with Gasteiger partial charge >= 0.3 is 17.7 Å². The Morgan fingerprint density at radius 3 is 2.35 bits per heavy atom. The highest BCUT2D eigenvalue weighted by Gasteiger charge is 2.16. The Morgan fingerprint density at radius 2 is 1.74 bits per heavy atom. The average molecular weight is 320 g/mol. The molecule has 0 aliphatic rings. The molecular formula is C12H8N4O7. The Bertz CT molecular complexity index is 802. The Morgan fingerprint density at radius 1 is 1.09 bits per heavy atom. The molecule has 11 nitrogen and oxygen atoms in total. The van der Waals surface area contributed by atoms with Gasteiger partial charge in [-0.1, -0.05) is 0 Å². The van der Waals surface area contributed by atoms with Gasteiger partial charge in [0.15, 0.2) is 0 Å². The number of hydrazone groups is 1. The van der Waals surface area contributed by atoms with Crippen LogP contribution in [0.3, 0.4) is 0 Å². The van der Waals surface area contributed by atoms with E-state index in [4.69, 9.17) is 4.42 Å². The van der Waals surface area contributed by atoms with Crippen LogP contribution < -0.4 is 5.43 Å².